The van der Waals surface area contributed by atoms with Crippen molar-refractivity contribution in [3.63, 3.8) is 0 Å². The Bertz CT molecular complexity index is 939. The smallest absolute Gasteiger partial charge is 0.321 e. The van der Waals surface area contributed by atoms with E-state index in [1.54, 1.807) is 4.90 Å². The molecule has 1 heterocycles. The third-order valence-electron chi connectivity index (χ3n) is 6.14. The Kier molecular flexibility index (Phi) is 8.28. The van der Waals surface area contributed by atoms with Crippen molar-refractivity contribution in [3.8, 4) is 0 Å². The predicted molar refractivity (Wildman–Crippen MR) is 132 cm³/mol. The van der Waals surface area contributed by atoms with E-state index in [0.717, 1.165) is 55.8 Å². The van der Waals surface area contributed by atoms with Crippen molar-refractivity contribution in [2.45, 2.75) is 47.0 Å². The number of amides is 3. The Morgan fingerprint density at radius 1 is 0.906 bits per heavy atom. The van der Waals surface area contributed by atoms with Crippen LogP contribution in [0.15, 0.2) is 42.5 Å². The second-order valence-corrected chi connectivity index (χ2v) is 8.17. The number of carbonyl (C=O) groups is 2. The van der Waals surface area contributed by atoms with Gasteiger partial charge in [0, 0.05) is 18.8 Å². The summed E-state index contributed by atoms with van der Waals surface area (Å²) >= 11 is 0. The summed E-state index contributed by atoms with van der Waals surface area (Å²) in [5.41, 5.74) is 4.80. The van der Waals surface area contributed by atoms with Crippen LogP contribution in [-0.4, -0.2) is 54.5 Å². The molecule has 2 aromatic carbocycles. The molecule has 2 aromatic rings. The van der Waals surface area contributed by atoms with Crippen molar-refractivity contribution in [2.75, 3.05) is 42.9 Å². The van der Waals surface area contributed by atoms with Crippen molar-refractivity contribution < 1.29 is 9.59 Å². The highest BCUT2D eigenvalue weighted by Gasteiger charge is 2.27. The number of benzene rings is 2. The van der Waals surface area contributed by atoms with Crippen LogP contribution >= 0.6 is 0 Å². The molecule has 1 aliphatic rings. The molecule has 3 rings (SSSR count). The molecule has 0 unspecified atom stereocenters. The summed E-state index contributed by atoms with van der Waals surface area (Å²) < 4.78 is 0. The molecule has 172 valence electrons. The van der Waals surface area contributed by atoms with Gasteiger partial charge in [0.05, 0.1) is 17.9 Å². The SMILES string of the molecule is CCCN(CC)C(=O)Nc1ccc2c(c1)N(C(=O)CN(CC)CC)c1ccccc1CC2. The summed E-state index contributed by atoms with van der Waals surface area (Å²) in [6, 6.07) is 14.0. The second kappa shape index (κ2) is 11.1. The zero-order valence-electron chi connectivity index (χ0n) is 19.9. The van der Waals surface area contributed by atoms with Crippen molar-refractivity contribution in [1.29, 1.82) is 0 Å². The molecular formula is C26H36N4O2. The van der Waals surface area contributed by atoms with E-state index in [9.17, 15) is 9.59 Å². The van der Waals surface area contributed by atoms with Gasteiger partial charge in [0.25, 0.3) is 0 Å². The molecule has 0 bridgehead atoms. The molecular weight excluding hydrogens is 400 g/mol. The lowest BCUT2D eigenvalue weighted by Gasteiger charge is -2.28. The molecule has 0 fully saturated rings. The van der Waals surface area contributed by atoms with Gasteiger partial charge in [-0.2, -0.15) is 0 Å². The second-order valence-electron chi connectivity index (χ2n) is 8.17. The van der Waals surface area contributed by atoms with Crippen molar-refractivity contribution in [2.24, 2.45) is 0 Å². The molecule has 0 spiro atoms. The fraction of sp³-hybridized carbons (Fsp3) is 0.462. The van der Waals surface area contributed by atoms with Gasteiger partial charge < -0.3 is 10.2 Å². The maximum atomic E-state index is 13.6. The first kappa shape index (κ1) is 23.8. The summed E-state index contributed by atoms with van der Waals surface area (Å²) in [6.45, 7) is 11.6. The zero-order chi connectivity index (χ0) is 23.1. The van der Waals surface area contributed by atoms with Crippen molar-refractivity contribution in [3.05, 3.63) is 53.6 Å². The monoisotopic (exact) mass is 436 g/mol. The van der Waals surface area contributed by atoms with E-state index < -0.39 is 0 Å². The van der Waals surface area contributed by atoms with Crippen LogP contribution < -0.4 is 10.2 Å². The van der Waals surface area contributed by atoms with Crippen LogP contribution in [0.25, 0.3) is 0 Å². The van der Waals surface area contributed by atoms with Gasteiger partial charge in [0.15, 0.2) is 0 Å². The van der Waals surface area contributed by atoms with Crippen LogP contribution in [0.3, 0.4) is 0 Å². The molecule has 0 saturated heterocycles. The highest BCUT2D eigenvalue weighted by atomic mass is 16.2. The fourth-order valence-electron chi connectivity index (χ4n) is 4.25. The number of urea groups is 1. The largest absolute Gasteiger partial charge is 0.325 e. The van der Waals surface area contributed by atoms with Gasteiger partial charge >= 0.3 is 6.03 Å². The standard InChI is InChI=1S/C26H36N4O2/c1-5-17-29(8-4)26(32)27-22-16-15-21-14-13-20-11-9-10-12-23(20)30(24(21)18-22)25(31)19-28(6-2)7-3/h9-12,15-16,18H,5-8,13-14,17,19H2,1-4H3,(H,27,32). The fourth-order valence-corrected chi connectivity index (χ4v) is 4.25. The number of rotatable bonds is 8. The lowest BCUT2D eigenvalue weighted by atomic mass is 10.0. The Morgan fingerprint density at radius 2 is 1.59 bits per heavy atom. The number of nitrogens with one attached hydrogen (secondary N) is 1. The average Bonchev–Trinajstić information content (AvgIpc) is 2.97. The molecule has 6 heteroatoms. The molecule has 0 aliphatic carbocycles. The van der Waals surface area contributed by atoms with Crippen LogP contribution in [0, 0.1) is 0 Å². The van der Waals surface area contributed by atoms with Gasteiger partial charge in [-0.15, -0.1) is 0 Å². The van der Waals surface area contributed by atoms with Gasteiger partial charge in [-0.05, 0) is 68.6 Å². The average molecular weight is 437 g/mol. The summed E-state index contributed by atoms with van der Waals surface area (Å²) in [4.78, 5) is 32.1. The minimum Gasteiger partial charge on any atom is -0.325 e. The Balaban J connectivity index is 1.99. The normalized spacial score (nSPS) is 12.7. The molecule has 6 nitrogen and oxygen atoms in total. The van der Waals surface area contributed by atoms with Gasteiger partial charge in [0.1, 0.15) is 0 Å². The predicted octanol–water partition coefficient (Wildman–Crippen LogP) is 5.06. The van der Waals surface area contributed by atoms with Crippen LogP contribution in [0.1, 0.15) is 45.2 Å². The number of nitrogens with zero attached hydrogens (tertiary/aromatic N) is 3. The summed E-state index contributed by atoms with van der Waals surface area (Å²) in [7, 11) is 0. The van der Waals surface area contributed by atoms with Crippen molar-refractivity contribution >= 4 is 29.0 Å². The number of para-hydroxylation sites is 1. The third-order valence-corrected chi connectivity index (χ3v) is 6.14. The molecule has 0 radical (unpaired) electrons. The first-order valence-corrected chi connectivity index (χ1v) is 11.8. The Hall–Kier alpha value is -2.86. The van der Waals surface area contributed by atoms with Crippen LogP contribution in [0.5, 0.6) is 0 Å². The van der Waals surface area contributed by atoms with Crippen LogP contribution in [-0.2, 0) is 17.6 Å². The van der Waals surface area contributed by atoms with Crippen molar-refractivity contribution in [1.82, 2.24) is 9.80 Å². The van der Waals surface area contributed by atoms with E-state index in [0.29, 0.717) is 18.8 Å². The number of aryl methyl sites for hydroxylation is 2. The number of hydrogen-bond acceptors (Lipinski definition) is 3. The van der Waals surface area contributed by atoms with Gasteiger partial charge in [-0.25, -0.2) is 4.79 Å². The van der Waals surface area contributed by atoms with Crippen LogP contribution in [0.2, 0.25) is 0 Å². The highest BCUT2D eigenvalue weighted by molar-refractivity contribution is 6.04. The van der Waals surface area contributed by atoms with E-state index in [1.807, 2.05) is 48.2 Å². The zero-order valence-corrected chi connectivity index (χ0v) is 19.9. The van der Waals surface area contributed by atoms with E-state index in [2.05, 4.69) is 37.1 Å². The third kappa shape index (κ3) is 5.30. The number of hydrogen-bond donors (Lipinski definition) is 1. The number of anilines is 3. The quantitative estimate of drug-likeness (QED) is 0.630. The Morgan fingerprint density at radius 3 is 2.25 bits per heavy atom. The topological polar surface area (TPSA) is 55.9 Å². The molecule has 1 aliphatic heterocycles. The molecule has 0 saturated carbocycles. The minimum absolute atomic E-state index is 0.0499. The van der Waals surface area contributed by atoms with Crippen LogP contribution in [0.4, 0.5) is 21.9 Å². The molecule has 32 heavy (non-hydrogen) atoms. The number of carbonyl (C=O) groups excluding carboxylic acids is 2. The summed E-state index contributed by atoms with van der Waals surface area (Å²) in [5, 5.41) is 3.03. The first-order valence-electron chi connectivity index (χ1n) is 11.8. The van der Waals surface area contributed by atoms with E-state index in [4.69, 9.17) is 0 Å². The first-order chi connectivity index (χ1) is 15.5. The number of likely N-dealkylation sites (N-methyl/N-ethyl adjacent to an activating group) is 1. The van der Waals surface area contributed by atoms with E-state index in [1.165, 1.54) is 5.56 Å². The lowest BCUT2D eigenvalue weighted by molar-refractivity contribution is -0.119. The molecule has 3 amide bonds. The Labute approximate surface area is 192 Å². The maximum Gasteiger partial charge on any atom is 0.321 e. The highest BCUT2D eigenvalue weighted by Crippen LogP contribution is 2.37. The number of fused-ring (bicyclic) bond motifs is 2. The maximum absolute atomic E-state index is 13.6. The van der Waals surface area contributed by atoms with Gasteiger partial charge in [-0.1, -0.05) is 45.0 Å². The van der Waals surface area contributed by atoms with E-state index >= 15 is 0 Å². The summed E-state index contributed by atoms with van der Waals surface area (Å²) in [5.74, 6) is 0.0499. The lowest BCUT2D eigenvalue weighted by Crippen LogP contribution is -2.38. The molecule has 0 atom stereocenters. The minimum atomic E-state index is -0.107. The van der Waals surface area contributed by atoms with Gasteiger partial charge in [-0.3, -0.25) is 14.6 Å². The molecule has 1 N–H and O–H groups in total. The molecule has 0 aromatic heterocycles. The van der Waals surface area contributed by atoms with E-state index in [-0.39, 0.29) is 11.9 Å². The summed E-state index contributed by atoms with van der Waals surface area (Å²) in [6.07, 6.45) is 2.65. The van der Waals surface area contributed by atoms with Gasteiger partial charge in [0.2, 0.25) is 5.91 Å².